The second-order valence-electron chi connectivity index (χ2n) is 14.7. The molecule has 7 rings (SSSR count). The molecule has 346 valence electrons. The first kappa shape index (κ1) is 48.2. The molecule has 2 fully saturated rings. The van der Waals surface area contributed by atoms with Gasteiger partial charge < -0.3 is 24.8 Å². The lowest BCUT2D eigenvalue weighted by atomic mass is 10.1. The Labute approximate surface area is 366 Å². The number of hydrogen-bond donors (Lipinski definition) is 6. The number of halogens is 1. The minimum atomic E-state index is -4.78. The van der Waals surface area contributed by atoms with E-state index in [0.29, 0.717) is 5.56 Å². The summed E-state index contributed by atoms with van der Waals surface area (Å²) in [6.45, 7) is 12.1. The standard InChI is InChI=1S/C31H33FN11O12PS.C6H15N/c1-14(2)26(45)40-31-39-25-21(28(47)41-31)36-13-43(25)29-17(8-16(10-44)52-29)55-57(50,51)37-9-18-22(54-56(48)49)19(32)30(53-18)42-12-35-20-23(33-11-34-24(20)42)38-27(46)15-6-4-3-5-7-15;1-4-7(5-2)6-3/h3-7,11-14,16-19,22,29-30,37,44H,8-10H2,1-2H3,(H3-,33,34,38,39,40,41,45,46,47,48,49);4-6H2,1-3H3/p+1/t16-,17+,18+,19+,22+,29+,30+;/m0./s1. The highest BCUT2D eigenvalue weighted by molar-refractivity contribution is 7.84. The second-order valence-corrected chi connectivity index (χ2v) is 16.8. The van der Waals surface area contributed by atoms with E-state index in [1.807, 2.05) is 0 Å². The van der Waals surface area contributed by atoms with Gasteiger partial charge in [0, 0.05) is 29.0 Å². The maximum atomic E-state index is 16.1. The summed E-state index contributed by atoms with van der Waals surface area (Å²) in [4.78, 5) is 72.8. The van der Waals surface area contributed by atoms with E-state index in [9.17, 15) is 37.4 Å². The van der Waals surface area contributed by atoms with E-state index in [2.05, 4.69) is 70.9 Å². The Bertz CT molecular complexity index is 2590. The first-order valence-electron chi connectivity index (χ1n) is 20.2. The van der Waals surface area contributed by atoms with E-state index in [1.165, 1.54) is 24.2 Å². The molecule has 2 aliphatic heterocycles. The van der Waals surface area contributed by atoms with E-state index in [4.69, 9.17) is 18.2 Å². The molecule has 1 aromatic carbocycles. The Kier molecular flexibility index (Phi) is 15.9. The summed E-state index contributed by atoms with van der Waals surface area (Å²) < 4.78 is 81.1. The van der Waals surface area contributed by atoms with Crippen LogP contribution in [0.5, 0.6) is 0 Å². The van der Waals surface area contributed by atoms with Crippen LogP contribution in [0, 0.1) is 5.92 Å². The molecule has 6 heterocycles. The van der Waals surface area contributed by atoms with E-state index in [1.54, 1.807) is 44.2 Å². The number of nitrogens with one attached hydrogen (secondary N) is 4. The third-order valence-corrected chi connectivity index (χ3v) is 11.7. The van der Waals surface area contributed by atoms with Crippen LogP contribution in [0.3, 0.4) is 0 Å². The van der Waals surface area contributed by atoms with Crippen LogP contribution in [-0.4, -0.2) is 138 Å². The van der Waals surface area contributed by atoms with Crippen molar-refractivity contribution in [1.82, 2.24) is 48.7 Å². The lowest BCUT2D eigenvalue weighted by molar-refractivity contribution is -0.118. The molecule has 2 saturated heterocycles. The molecule has 27 heteroatoms. The second kappa shape index (κ2) is 21.1. The zero-order valence-corrected chi connectivity index (χ0v) is 37.0. The van der Waals surface area contributed by atoms with Crippen LogP contribution in [0.4, 0.5) is 16.2 Å². The van der Waals surface area contributed by atoms with Crippen LogP contribution in [0.2, 0.25) is 0 Å². The fourth-order valence-corrected chi connectivity index (χ4v) is 8.26. The molecule has 2 amide bonds. The van der Waals surface area contributed by atoms with E-state index >= 15 is 4.39 Å². The number of hydrogen-bond acceptors (Lipinski definition) is 17. The van der Waals surface area contributed by atoms with Crippen molar-refractivity contribution in [3.05, 3.63) is 65.2 Å². The Balaban J connectivity index is 0.000000898. The lowest BCUT2D eigenvalue weighted by Crippen LogP contribution is -2.41. The summed E-state index contributed by atoms with van der Waals surface area (Å²) in [5.74, 6) is -1.61. The molecule has 64 heavy (non-hydrogen) atoms. The highest BCUT2D eigenvalue weighted by atomic mass is 32.2. The molecule has 1 unspecified atom stereocenters. The van der Waals surface area contributed by atoms with Gasteiger partial charge in [0.25, 0.3) is 11.5 Å². The number of anilines is 2. The summed E-state index contributed by atoms with van der Waals surface area (Å²) >= 11 is 0. The highest BCUT2D eigenvalue weighted by Crippen LogP contribution is 2.39. The number of aliphatic hydroxyl groups is 1. The molecule has 24 nitrogen and oxygen atoms in total. The van der Waals surface area contributed by atoms with Gasteiger partial charge in [-0.3, -0.25) is 33.8 Å². The smallest absolute Gasteiger partial charge is 0.394 e. The first-order valence-corrected chi connectivity index (χ1v) is 22.7. The number of rotatable bonds is 17. The van der Waals surface area contributed by atoms with Gasteiger partial charge in [0.2, 0.25) is 11.9 Å². The third kappa shape index (κ3) is 11.1. The van der Waals surface area contributed by atoms with Gasteiger partial charge >= 0.3 is 18.6 Å². The van der Waals surface area contributed by atoms with Crippen LogP contribution in [-0.2, 0) is 37.8 Å². The van der Waals surface area contributed by atoms with Crippen molar-refractivity contribution >= 4 is 64.5 Å². The van der Waals surface area contributed by atoms with Crippen molar-refractivity contribution in [1.29, 1.82) is 0 Å². The Morgan fingerprint density at radius 2 is 1.67 bits per heavy atom. The van der Waals surface area contributed by atoms with Gasteiger partial charge in [-0.1, -0.05) is 52.8 Å². The zero-order valence-electron chi connectivity index (χ0n) is 35.3. The molecule has 4 aromatic heterocycles. The maximum Gasteiger partial charge on any atom is 0.695 e. The molecular weight excluding hydrogens is 887 g/mol. The van der Waals surface area contributed by atoms with E-state index < -0.39 is 98.0 Å². The topological polar surface area (TPSA) is 309 Å². The van der Waals surface area contributed by atoms with Crippen molar-refractivity contribution in [2.45, 2.75) is 84.1 Å². The molecule has 0 bridgehead atoms. The number of benzene rings is 1. The number of H-pyrrole nitrogens is 1. The number of aromatic amines is 1. The number of carbonyl (C=O) groups excluding carboxylic acids is 2. The molecule has 6 N–H and O–H groups in total. The zero-order chi connectivity index (χ0) is 46.3. The summed E-state index contributed by atoms with van der Waals surface area (Å²) in [6.07, 6.45) is -7.51. The average molecular weight is 936 g/mol. The first-order chi connectivity index (χ1) is 30.6. The molecule has 5 aromatic rings. The maximum absolute atomic E-state index is 16.1. The number of amides is 2. The van der Waals surface area contributed by atoms with Gasteiger partial charge in [0.1, 0.15) is 18.5 Å². The minimum Gasteiger partial charge on any atom is -0.394 e. The van der Waals surface area contributed by atoms with Crippen LogP contribution in [0.1, 0.15) is 63.9 Å². The Morgan fingerprint density at radius 3 is 2.30 bits per heavy atom. The van der Waals surface area contributed by atoms with Crippen LogP contribution in [0.25, 0.3) is 22.3 Å². The van der Waals surface area contributed by atoms with Crippen LogP contribution < -0.4 is 20.9 Å². The number of fused-ring (bicyclic) bond motifs is 2. The van der Waals surface area contributed by atoms with Crippen molar-refractivity contribution in [3.63, 3.8) is 0 Å². The lowest BCUT2D eigenvalue weighted by Gasteiger charge is -2.21. The van der Waals surface area contributed by atoms with Gasteiger partial charge in [-0.15, -0.1) is 9.42 Å². The van der Waals surface area contributed by atoms with Gasteiger partial charge in [-0.2, -0.15) is 18.1 Å². The third-order valence-electron chi connectivity index (χ3n) is 10.3. The summed E-state index contributed by atoms with van der Waals surface area (Å²) in [6, 6.07) is 8.24. The number of carbonyl (C=O) groups is 2. The molecular formula is C37H49FN12O12PS+. The normalized spacial score (nSPS) is 22.5. The van der Waals surface area contributed by atoms with Gasteiger partial charge in [-0.25, -0.2) is 28.5 Å². The molecule has 0 saturated carbocycles. The van der Waals surface area contributed by atoms with Gasteiger partial charge in [0.05, 0.1) is 25.4 Å². The van der Waals surface area contributed by atoms with E-state index in [-0.39, 0.29) is 40.5 Å². The highest BCUT2D eigenvalue weighted by Gasteiger charge is 2.52. The van der Waals surface area contributed by atoms with E-state index in [0.717, 1.165) is 23.5 Å². The quantitative estimate of drug-likeness (QED) is 0.0726. The molecule has 0 radical (unpaired) electrons. The number of nitrogens with zero attached hydrogens (tertiary/aromatic N) is 8. The number of aromatic nitrogens is 8. The largest absolute Gasteiger partial charge is 0.695 e. The SMILES string of the molecule is CC(C)C(=O)Nc1nc2c(ncn2[C@@H]2O[C@H](CO)C[C@H]2OS(=O)(=O)NC[C@H]2O[C@@H](n3cnc4c(NC(=O)c5ccccc5)ncnc43)[C@H](F)[C@@H]2O[P+](=O)O)c(=O)[nH]1.CCN(CC)CC. The predicted octanol–water partition coefficient (Wildman–Crippen LogP) is 1.92. The minimum absolute atomic E-state index is 0.00125. The van der Waals surface area contributed by atoms with Crippen molar-refractivity contribution < 1.29 is 55.1 Å². The summed E-state index contributed by atoms with van der Waals surface area (Å²) in [5, 5.41) is 15.0. The summed E-state index contributed by atoms with van der Waals surface area (Å²) in [5.41, 5.74) is -0.593. The number of alkyl halides is 1. The van der Waals surface area contributed by atoms with Crippen LogP contribution in [0.15, 0.2) is 54.1 Å². The Morgan fingerprint density at radius 1 is 1.00 bits per heavy atom. The van der Waals surface area contributed by atoms with Crippen LogP contribution >= 0.6 is 8.25 Å². The molecule has 2 aliphatic rings. The fourth-order valence-electron chi connectivity index (χ4n) is 6.86. The number of aliphatic hydroxyl groups excluding tert-OH is 1. The monoisotopic (exact) mass is 935 g/mol. The van der Waals surface area contributed by atoms with Crippen molar-refractivity contribution in [2.24, 2.45) is 5.92 Å². The van der Waals surface area contributed by atoms with Gasteiger partial charge in [-0.05, 0) is 31.8 Å². The van der Waals surface area contributed by atoms with Crippen molar-refractivity contribution in [2.75, 3.05) is 43.4 Å². The number of ether oxygens (including phenoxy) is 2. The average Bonchev–Trinajstić information content (AvgIpc) is 4.06. The Hall–Kier alpha value is -5.28. The summed E-state index contributed by atoms with van der Waals surface area (Å²) in [7, 11) is -8.19. The van der Waals surface area contributed by atoms with Gasteiger partial charge in [0.15, 0.2) is 52.9 Å². The molecule has 0 aliphatic carbocycles. The van der Waals surface area contributed by atoms with Crippen molar-refractivity contribution in [3.8, 4) is 0 Å². The number of imidazole rings is 2. The fraction of sp³-hybridized carbons (Fsp3) is 0.514. The molecule has 8 atom stereocenters. The predicted molar refractivity (Wildman–Crippen MR) is 226 cm³/mol. The molecule has 0 spiro atoms.